The van der Waals surface area contributed by atoms with Crippen LogP contribution in [0.5, 0.6) is 0 Å². The lowest BCUT2D eigenvalue weighted by molar-refractivity contribution is -0.124. The average Bonchev–Trinajstić information content (AvgIpc) is 3.24. The molecule has 1 unspecified atom stereocenters. The van der Waals surface area contributed by atoms with E-state index in [0.717, 1.165) is 16.7 Å². The predicted octanol–water partition coefficient (Wildman–Crippen LogP) is 2.71. The number of rotatable bonds is 8. The number of carbonyl (C=O) groups excluding carboxylic acids is 2. The van der Waals surface area contributed by atoms with Gasteiger partial charge in [0.1, 0.15) is 18.7 Å². The Bertz CT molecular complexity index is 981. The summed E-state index contributed by atoms with van der Waals surface area (Å²) in [4.78, 5) is 29.2. The maximum absolute atomic E-state index is 12.7. The van der Waals surface area contributed by atoms with Crippen LogP contribution in [0.15, 0.2) is 61.2 Å². The van der Waals surface area contributed by atoms with Crippen LogP contribution in [-0.4, -0.2) is 32.6 Å². The first-order valence-corrected chi connectivity index (χ1v) is 9.98. The van der Waals surface area contributed by atoms with E-state index in [9.17, 15) is 9.59 Å². The minimum Gasteiger partial charge on any atom is -0.350 e. The van der Waals surface area contributed by atoms with E-state index in [1.165, 1.54) is 6.33 Å². The lowest BCUT2D eigenvalue weighted by atomic mass is 10.0. The Kier molecular flexibility index (Phi) is 6.95. The topological polar surface area (TPSA) is 88.9 Å². The summed E-state index contributed by atoms with van der Waals surface area (Å²) in [5, 5.41) is 9.89. The van der Waals surface area contributed by atoms with Crippen molar-refractivity contribution in [2.24, 2.45) is 5.92 Å². The van der Waals surface area contributed by atoms with Crippen molar-refractivity contribution in [3.05, 3.63) is 83.4 Å². The monoisotopic (exact) mass is 405 g/mol. The highest BCUT2D eigenvalue weighted by atomic mass is 16.2. The Labute approximate surface area is 176 Å². The highest BCUT2D eigenvalue weighted by molar-refractivity contribution is 5.97. The molecular weight excluding hydrogens is 378 g/mol. The van der Waals surface area contributed by atoms with Gasteiger partial charge in [0.05, 0.1) is 6.54 Å². The average molecular weight is 406 g/mol. The summed E-state index contributed by atoms with van der Waals surface area (Å²) >= 11 is 0. The van der Waals surface area contributed by atoms with Crippen LogP contribution < -0.4 is 10.6 Å². The molecule has 0 fully saturated rings. The number of benzene rings is 2. The molecule has 1 heterocycles. The molecule has 156 valence electrons. The van der Waals surface area contributed by atoms with Crippen LogP contribution in [0.3, 0.4) is 0 Å². The second-order valence-electron chi connectivity index (χ2n) is 7.69. The van der Waals surface area contributed by atoms with Crippen LogP contribution in [0, 0.1) is 12.8 Å². The molecular formula is C23H27N5O2. The highest BCUT2D eigenvalue weighted by Crippen LogP contribution is 2.09. The molecule has 0 radical (unpaired) electrons. The van der Waals surface area contributed by atoms with Crippen LogP contribution in [0.2, 0.25) is 0 Å². The molecule has 1 aromatic heterocycles. The van der Waals surface area contributed by atoms with Gasteiger partial charge in [-0.25, -0.2) is 9.67 Å². The Hall–Kier alpha value is -3.48. The molecule has 0 aliphatic rings. The Morgan fingerprint density at radius 3 is 2.43 bits per heavy atom. The molecule has 7 nitrogen and oxygen atoms in total. The van der Waals surface area contributed by atoms with Crippen LogP contribution in [0.25, 0.3) is 0 Å². The largest absolute Gasteiger partial charge is 0.350 e. The van der Waals surface area contributed by atoms with Crippen LogP contribution in [0.4, 0.5) is 0 Å². The standard InChI is InChI=1S/C23H27N5O2/c1-16(2)21(27-22(29)20-6-4-5-17(3)11-20)23(30)25-12-18-7-9-19(10-8-18)13-28-15-24-14-26-28/h4-11,14-16,21H,12-13H2,1-3H3,(H,25,30)(H,27,29). The fraction of sp³-hybridized carbons (Fsp3) is 0.304. The number of aromatic nitrogens is 3. The number of amides is 2. The lowest BCUT2D eigenvalue weighted by Crippen LogP contribution is -2.49. The first-order chi connectivity index (χ1) is 14.4. The summed E-state index contributed by atoms with van der Waals surface area (Å²) < 4.78 is 1.75. The zero-order chi connectivity index (χ0) is 21.5. The Morgan fingerprint density at radius 2 is 1.80 bits per heavy atom. The van der Waals surface area contributed by atoms with E-state index >= 15 is 0 Å². The van der Waals surface area contributed by atoms with Gasteiger partial charge in [-0.3, -0.25) is 9.59 Å². The van der Waals surface area contributed by atoms with Crippen molar-refractivity contribution in [3.8, 4) is 0 Å². The number of nitrogens with one attached hydrogen (secondary N) is 2. The van der Waals surface area contributed by atoms with Crippen LogP contribution >= 0.6 is 0 Å². The molecule has 3 aromatic rings. The predicted molar refractivity (Wildman–Crippen MR) is 115 cm³/mol. The molecule has 0 spiro atoms. The van der Waals surface area contributed by atoms with Crippen molar-refractivity contribution < 1.29 is 9.59 Å². The van der Waals surface area contributed by atoms with Crippen molar-refractivity contribution >= 4 is 11.8 Å². The van der Waals surface area contributed by atoms with E-state index in [2.05, 4.69) is 20.7 Å². The van der Waals surface area contributed by atoms with Crippen molar-refractivity contribution in [3.63, 3.8) is 0 Å². The molecule has 30 heavy (non-hydrogen) atoms. The molecule has 3 rings (SSSR count). The number of hydrogen-bond acceptors (Lipinski definition) is 4. The summed E-state index contributed by atoms with van der Waals surface area (Å²) in [6, 6.07) is 14.7. The van der Waals surface area contributed by atoms with Gasteiger partial charge in [-0.2, -0.15) is 5.10 Å². The second-order valence-corrected chi connectivity index (χ2v) is 7.69. The van der Waals surface area contributed by atoms with Crippen molar-refractivity contribution in [2.45, 2.75) is 39.9 Å². The van der Waals surface area contributed by atoms with Gasteiger partial charge in [-0.15, -0.1) is 0 Å². The zero-order valence-electron chi connectivity index (χ0n) is 17.5. The van der Waals surface area contributed by atoms with Crippen molar-refractivity contribution in [1.82, 2.24) is 25.4 Å². The van der Waals surface area contributed by atoms with Gasteiger partial charge in [0.2, 0.25) is 5.91 Å². The number of nitrogens with zero attached hydrogens (tertiary/aromatic N) is 3. The summed E-state index contributed by atoms with van der Waals surface area (Å²) in [5.41, 5.74) is 3.64. The zero-order valence-corrected chi connectivity index (χ0v) is 17.5. The molecule has 0 saturated heterocycles. The van der Waals surface area contributed by atoms with E-state index in [4.69, 9.17) is 0 Å². The summed E-state index contributed by atoms with van der Waals surface area (Å²) in [6.07, 6.45) is 3.18. The number of hydrogen-bond donors (Lipinski definition) is 2. The molecule has 1 atom stereocenters. The van der Waals surface area contributed by atoms with Gasteiger partial charge in [0, 0.05) is 12.1 Å². The quantitative estimate of drug-likeness (QED) is 0.603. The number of carbonyl (C=O) groups is 2. The second kappa shape index (κ2) is 9.82. The number of aryl methyl sites for hydroxylation is 1. The minimum atomic E-state index is -0.607. The Morgan fingerprint density at radius 1 is 1.07 bits per heavy atom. The molecule has 0 saturated carbocycles. The lowest BCUT2D eigenvalue weighted by Gasteiger charge is -2.22. The molecule has 0 aliphatic heterocycles. The fourth-order valence-corrected chi connectivity index (χ4v) is 3.11. The molecule has 0 aliphatic carbocycles. The Balaban J connectivity index is 1.56. The van der Waals surface area contributed by atoms with Crippen molar-refractivity contribution in [2.75, 3.05) is 0 Å². The molecule has 2 N–H and O–H groups in total. The van der Waals surface area contributed by atoms with Crippen LogP contribution in [0.1, 0.15) is 40.9 Å². The van der Waals surface area contributed by atoms with E-state index in [-0.39, 0.29) is 17.7 Å². The normalized spacial score (nSPS) is 11.9. The van der Waals surface area contributed by atoms with E-state index in [1.54, 1.807) is 17.1 Å². The fourth-order valence-electron chi connectivity index (χ4n) is 3.11. The third-order valence-corrected chi connectivity index (χ3v) is 4.82. The summed E-state index contributed by atoms with van der Waals surface area (Å²) in [7, 11) is 0. The maximum Gasteiger partial charge on any atom is 0.251 e. The maximum atomic E-state index is 12.7. The first kappa shape index (κ1) is 21.2. The summed E-state index contributed by atoms with van der Waals surface area (Å²) in [5.74, 6) is -0.480. The van der Waals surface area contributed by atoms with Crippen LogP contribution in [-0.2, 0) is 17.9 Å². The minimum absolute atomic E-state index is 0.0381. The smallest absolute Gasteiger partial charge is 0.251 e. The van der Waals surface area contributed by atoms with Gasteiger partial charge in [0.25, 0.3) is 5.91 Å². The third kappa shape index (κ3) is 5.76. The van der Waals surface area contributed by atoms with E-state index in [0.29, 0.717) is 18.7 Å². The third-order valence-electron chi connectivity index (χ3n) is 4.82. The molecule has 0 bridgehead atoms. The first-order valence-electron chi connectivity index (χ1n) is 9.98. The van der Waals surface area contributed by atoms with Gasteiger partial charge in [-0.1, -0.05) is 55.8 Å². The van der Waals surface area contributed by atoms with Gasteiger partial charge in [-0.05, 0) is 36.1 Å². The highest BCUT2D eigenvalue weighted by Gasteiger charge is 2.24. The summed E-state index contributed by atoms with van der Waals surface area (Å²) in [6.45, 7) is 6.80. The molecule has 2 aromatic carbocycles. The SMILES string of the molecule is Cc1cccc(C(=O)NC(C(=O)NCc2ccc(Cn3cncn3)cc2)C(C)C)c1. The molecule has 7 heteroatoms. The van der Waals surface area contributed by atoms with Gasteiger partial charge >= 0.3 is 0 Å². The van der Waals surface area contributed by atoms with Gasteiger partial charge in [0.15, 0.2) is 0 Å². The van der Waals surface area contributed by atoms with Crippen molar-refractivity contribution in [1.29, 1.82) is 0 Å². The van der Waals surface area contributed by atoms with E-state index in [1.807, 2.05) is 63.2 Å². The van der Waals surface area contributed by atoms with E-state index < -0.39 is 6.04 Å². The molecule has 2 amide bonds. The van der Waals surface area contributed by atoms with Gasteiger partial charge < -0.3 is 10.6 Å².